The van der Waals surface area contributed by atoms with Gasteiger partial charge < -0.3 is 10.6 Å². The number of likely N-dealkylation sites (N-methyl/N-ethyl adjacent to an activating group) is 1. The van der Waals surface area contributed by atoms with Crippen LogP contribution in [0.3, 0.4) is 0 Å². The minimum atomic E-state index is -0.682. The van der Waals surface area contributed by atoms with Crippen molar-refractivity contribution in [3.8, 4) is 0 Å². The quantitative estimate of drug-likeness (QED) is 0.705. The van der Waals surface area contributed by atoms with E-state index in [1.54, 1.807) is 4.90 Å². The number of nitrogens with two attached hydrogens (primary N) is 1. The predicted molar refractivity (Wildman–Crippen MR) is 55.4 cm³/mol. The van der Waals surface area contributed by atoms with Crippen LogP contribution in [0.15, 0.2) is 0 Å². The summed E-state index contributed by atoms with van der Waals surface area (Å²) in [4.78, 5) is 13.5. The van der Waals surface area contributed by atoms with Gasteiger partial charge in [0.15, 0.2) is 0 Å². The molecule has 0 aromatic carbocycles. The lowest BCUT2D eigenvalue weighted by Gasteiger charge is -2.28. The Balaban J connectivity index is 4.21. The summed E-state index contributed by atoms with van der Waals surface area (Å²) in [7, 11) is 1.81. The van der Waals surface area contributed by atoms with Gasteiger partial charge in [0.2, 0.25) is 5.91 Å². The fourth-order valence-electron chi connectivity index (χ4n) is 1.50. The molecule has 0 saturated carbocycles. The number of nitrogens with zero attached hydrogens (tertiary/aromatic N) is 1. The molecule has 0 saturated heterocycles. The van der Waals surface area contributed by atoms with Crippen molar-refractivity contribution in [1.82, 2.24) is 4.90 Å². The Hall–Kier alpha value is -0.570. The van der Waals surface area contributed by atoms with Crippen molar-refractivity contribution in [2.24, 2.45) is 5.73 Å². The smallest absolute Gasteiger partial charge is 0.242 e. The van der Waals surface area contributed by atoms with Crippen LogP contribution in [-0.2, 0) is 4.79 Å². The molecule has 0 aromatic heterocycles. The van der Waals surface area contributed by atoms with Gasteiger partial charge in [-0.2, -0.15) is 0 Å². The average Bonchev–Trinajstić information content (AvgIpc) is 2.03. The molecule has 1 unspecified atom stereocenters. The summed E-state index contributed by atoms with van der Waals surface area (Å²) in [6.07, 6.45) is 2.67. The molecule has 0 fully saturated rings. The minimum absolute atomic E-state index is 0.0520. The van der Waals surface area contributed by atoms with E-state index in [-0.39, 0.29) is 5.91 Å². The third-order valence-electron chi connectivity index (χ3n) is 2.16. The highest BCUT2D eigenvalue weighted by atomic mass is 16.2. The first kappa shape index (κ1) is 12.4. The minimum Gasteiger partial charge on any atom is -0.344 e. The maximum Gasteiger partial charge on any atom is 0.242 e. The number of carbonyl (C=O) groups excluding carboxylic acids is 1. The molecular weight excluding hydrogens is 164 g/mol. The lowest BCUT2D eigenvalue weighted by Crippen LogP contribution is -2.52. The Labute approximate surface area is 81.3 Å². The lowest BCUT2D eigenvalue weighted by atomic mass is 9.96. The van der Waals surface area contributed by atoms with Crippen LogP contribution in [0.5, 0.6) is 0 Å². The molecule has 0 spiro atoms. The second-order valence-corrected chi connectivity index (χ2v) is 3.89. The zero-order valence-corrected chi connectivity index (χ0v) is 9.26. The molecular formula is C10H22N2O. The first-order chi connectivity index (χ1) is 5.95. The Bertz CT molecular complexity index is 166. The summed E-state index contributed by atoms with van der Waals surface area (Å²) in [5.41, 5.74) is 5.23. The average molecular weight is 186 g/mol. The van der Waals surface area contributed by atoms with Gasteiger partial charge in [0.05, 0.1) is 5.54 Å². The van der Waals surface area contributed by atoms with Crippen molar-refractivity contribution in [1.29, 1.82) is 0 Å². The number of hydrogen-bond acceptors (Lipinski definition) is 2. The van der Waals surface area contributed by atoms with Crippen molar-refractivity contribution >= 4 is 5.91 Å². The van der Waals surface area contributed by atoms with E-state index in [1.165, 1.54) is 0 Å². The summed E-state index contributed by atoms with van der Waals surface area (Å²) in [6.45, 7) is 6.69. The van der Waals surface area contributed by atoms with Crippen LogP contribution in [0.25, 0.3) is 0 Å². The van der Waals surface area contributed by atoms with Gasteiger partial charge in [-0.25, -0.2) is 0 Å². The molecule has 3 nitrogen and oxygen atoms in total. The molecule has 0 bridgehead atoms. The fourth-order valence-corrected chi connectivity index (χ4v) is 1.50. The van der Waals surface area contributed by atoms with Gasteiger partial charge in [0, 0.05) is 13.6 Å². The summed E-state index contributed by atoms with van der Waals surface area (Å²) in [5.74, 6) is 0.0520. The Morgan fingerprint density at radius 2 is 1.92 bits per heavy atom. The third kappa shape index (κ3) is 3.77. The molecule has 2 N–H and O–H groups in total. The fraction of sp³-hybridized carbons (Fsp3) is 0.900. The van der Waals surface area contributed by atoms with Gasteiger partial charge in [0.1, 0.15) is 0 Å². The highest BCUT2D eigenvalue weighted by Crippen LogP contribution is 2.11. The van der Waals surface area contributed by atoms with Crippen molar-refractivity contribution in [3.63, 3.8) is 0 Å². The van der Waals surface area contributed by atoms with Gasteiger partial charge in [-0.1, -0.05) is 20.3 Å². The maximum absolute atomic E-state index is 11.7. The molecule has 1 atom stereocenters. The van der Waals surface area contributed by atoms with Crippen LogP contribution >= 0.6 is 0 Å². The third-order valence-corrected chi connectivity index (χ3v) is 2.16. The normalized spacial score (nSPS) is 15.2. The van der Waals surface area contributed by atoms with Crippen LogP contribution in [0, 0.1) is 0 Å². The van der Waals surface area contributed by atoms with Crippen LogP contribution in [0.2, 0.25) is 0 Å². The highest BCUT2D eigenvalue weighted by molar-refractivity contribution is 5.85. The number of hydrogen-bond donors (Lipinski definition) is 1. The van der Waals surface area contributed by atoms with Gasteiger partial charge in [0.25, 0.3) is 0 Å². The van der Waals surface area contributed by atoms with Gasteiger partial charge in [-0.15, -0.1) is 0 Å². The molecule has 0 aliphatic rings. The highest BCUT2D eigenvalue weighted by Gasteiger charge is 2.29. The zero-order chi connectivity index (χ0) is 10.5. The van der Waals surface area contributed by atoms with Gasteiger partial charge >= 0.3 is 0 Å². The number of carbonyl (C=O) groups is 1. The summed E-state index contributed by atoms with van der Waals surface area (Å²) in [5, 5.41) is 0. The second-order valence-electron chi connectivity index (χ2n) is 3.89. The molecule has 0 aliphatic heterocycles. The Kier molecular flexibility index (Phi) is 4.99. The van der Waals surface area contributed by atoms with Crippen molar-refractivity contribution in [2.75, 3.05) is 13.6 Å². The van der Waals surface area contributed by atoms with Crippen LogP contribution in [0.4, 0.5) is 0 Å². The molecule has 1 amide bonds. The molecule has 0 aliphatic carbocycles. The van der Waals surface area contributed by atoms with E-state index in [2.05, 4.69) is 6.92 Å². The molecule has 13 heavy (non-hydrogen) atoms. The predicted octanol–water partition coefficient (Wildman–Crippen LogP) is 1.37. The van der Waals surface area contributed by atoms with Gasteiger partial charge in [-0.3, -0.25) is 4.79 Å². The first-order valence-electron chi connectivity index (χ1n) is 5.00. The lowest BCUT2D eigenvalue weighted by molar-refractivity contribution is -0.135. The van der Waals surface area contributed by atoms with Crippen LogP contribution < -0.4 is 5.73 Å². The van der Waals surface area contributed by atoms with Crippen LogP contribution in [-0.4, -0.2) is 29.9 Å². The largest absolute Gasteiger partial charge is 0.344 e. The van der Waals surface area contributed by atoms with E-state index in [0.717, 1.165) is 25.8 Å². The van der Waals surface area contributed by atoms with E-state index in [9.17, 15) is 4.79 Å². The number of amides is 1. The summed E-state index contributed by atoms with van der Waals surface area (Å²) in [6, 6.07) is 0. The zero-order valence-electron chi connectivity index (χ0n) is 9.26. The SMILES string of the molecule is CCCN(C)C(=O)C(C)(N)CCC. The second kappa shape index (κ2) is 5.22. The standard InChI is InChI=1S/C10H22N2O/c1-5-7-10(3,11)9(13)12(4)8-6-2/h5-8,11H2,1-4H3. The van der Waals surface area contributed by atoms with Crippen molar-refractivity contribution in [3.05, 3.63) is 0 Å². The molecule has 3 heteroatoms. The van der Waals surface area contributed by atoms with E-state index < -0.39 is 5.54 Å². The number of rotatable bonds is 5. The van der Waals surface area contributed by atoms with E-state index in [1.807, 2.05) is 20.9 Å². The van der Waals surface area contributed by atoms with E-state index in [0.29, 0.717) is 0 Å². The molecule has 0 heterocycles. The van der Waals surface area contributed by atoms with E-state index in [4.69, 9.17) is 5.73 Å². The molecule has 78 valence electrons. The van der Waals surface area contributed by atoms with Crippen LogP contribution in [0.1, 0.15) is 40.0 Å². The Morgan fingerprint density at radius 1 is 1.38 bits per heavy atom. The molecule has 0 radical (unpaired) electrons. The van der Waals surface area contributed by atoms with Gasteiger partial charge in [-0.05, 0) is 19.8 Å². The maximum atomic E-state index is 11.7. The van der Waals surface area contributed by atoms with Crippen molar-refractivity contribution < 1.29 is 4.79 Å². The summed E-state index contributed by atoms with van der Waals surface area (Å²) < 4.78 is 0. The molecule has 0 aromatic rings. The van der Waals surface area contributed by atoms with Crippen molar-refractivity contribution in [2.45, 2.75) is 45.6 Å². The topological polar surface area (TPSA) is 46.3 Å². The first-order valence-corrected chi connectivity index (χ1v) is 5.00. The van der Waals surface area contributed by atoms with E-state index >= 15 is 0 Å². The summed E-state index contributed by atoms with van der Waals surface area (Å²) >= 11 is 0. The monoisotopic (exact) mass is 186 g/mol. The Morgan fingerprint density at radius 3 is 2.31 bits per heavy atom. The molecule has 0 rings (SSSR count).